The summed E-state index contributed by atoms with van der Waals surface area (Å²) < 4.78 is 2.98. The zero-order valence-corrected chi connectivity index (χ0v) is 14.4. The van der Waals surface area contributed by atoms with E-state index in [1.165, 1.54) is 12.7 Å². The fraction of sp³-hybridized carbons (Fsp3) is 0.833. The number of nitrogens with zero attached hydrogens (tertiary/aromatic N) is 1. The lowest BCUT2D eigenvalue weighted by Gasteiger charge is -2.45. The Balaban J connectivity index is 3.24. The minimum Gasteiger partial charge on any atom is -0.381 e. The van der Waals surface area contributed by atoms with E-state index in [1.807, 2.05) is 0 Å². The standard InChI is InChI=1S/C12H28BNSi2/c1-9-12-11(3)16(7,8)14(13(12)10-2)15(4,5)6/h9-10H2,1-8H3. The van der Waals surface area contributed by atoms with E-state index < -0.39 is 16.5 Å². The van der Waals surface area contributed by atoms with E-state index >= 15 is 0 Å². The van der Waals surface area contributed by atoms with Crippen LogP contribution in [0.3, 0.4) is 0 Å². The van der Waals surface area contributed by atoms with Gasteiger partial charge in [-0.15, -0.1) is 0 Å². The second kappa shape index (κ2) is 4.46. The zero-order chi connectivity index (χ0) is 12.7. The van der Waals surface area contributed by atoms with E-state index in [9.17, 15) is 0 Å². The highest BCUT2D eigenvalue weighted by molar-refractivity contribution is 7.06. The summed E-state index contributed by atoms with van der Waals surface area (Å²) in [7, 11) is -2.49. The van der Waals surface area contributed by atoms with E-state index in [4.69, 9.17) is 0 Å². The second-order valence-corrected chi connectivity index (χ2v) is 16.1. The van der Waals surface area contributed by atoms with Crippen LogP contribution in [-0.2, 0) is 0 Å². The highest BCUT2D eigenvalue weighted by Gasteiger charge is 2.50. The fourth-order valence-corrected chi connectivity index (χ4v) is 14.7. The quantitative estimate of drug-likeness (QED) is 0.683. The molecule has 0 aliphatic carbocycles. The zero-order valence-electron chi connectivity index (χ0n) is 12.4. The van der Waals surface area contributed by atoms with Gasteiger partial charge in [0.25, 0.3) is 0 Å². The Morgan fingerprint density at radius 3 is 2.00 bits per heavy atom. The van der Waals surface area contributed by atoms with Crippen LogP contribution in [0.5, 0.6) is 0 Å². The summed E-state index contributed by atoms with van der Waals surface area (Å²) in [5.74, 6) is 0. The lowest BCUT2D eigenvalue weighted by atomic mass is 9.53. The lowest BCUT2D eigenvalue weighted by Crippen LogP contribution is -2.63. The van der Waals surface area contributed by atoms with Crippen molar-refractivity contribution < 1.29 is 0 Å². The molecule has 1 heterocycles. The SMILES string of the molecule is CCB1C(CC)=C(C)[Si](C)(C)N1[Si](C)(C)C. The minimum absolute atomic E-state index is 0.762. The molecular formula is C12H28BNSi2. The molecule has 1 aliphatic rings. The number of allylic oxidation sites excluding steroid dienone is 2. The molecule has 0 spiro atoms. The molecule has 0 aromatic rings. The molecule has 0 N–H and O–H groups in total. The number of hydrogen-bond acceptors (Lipinski definition) is 1. The smallest absolute Gasteiger partial charge is 0.239 e. The van der Waals surface area contributed by atoms with Crippen LogP contribution in [0.4, 0.5) is 0 Å². The predicted molar refractivity (Wildman–Crippen MR) is 81.9 cm³/mol. The molecule has 1 aliphatic heterocycles. The molecule has 0 saturated heterocycles. The van der Waals surface area contributed by atoms with Crippen LogP contribution in [0.2, 0.25) is 39.1 Å². The van der Waals surface area contributed by atoms with Gasteiger partial charge in [-0.25, -0.2) is 0 Å². The van der Waals surface area contributed by atoms with Crippen molar-refractivity contribution in [2.45, 2.75) is 66.2 Å². The summed E-state index contributed by atoms with van der Waals surface area (Å²) in [5, 5.41) is 1.77. The van der Waals surface area contributed by atoms with E-state index in [-0.39, 0.29) is 0 Å². The van der Waals surface area contributed by atoms with Crippen molar-refractivity contribution >= 4 is 23.3 Å². The molecule has 0 fully saturated rings. The summed E-state index contributed by atoms with van der Waals surface area (Å²) in [5.41, 5.74) is 1.77. The third kappa shape index (κ3) is 2.11. The van der Waals surface area contributed by atoms with Gasteiger partial charge < -0.3 is 4.14 Å². The third-order valence-electron chi connectivity index (χ3n) is 4.21. The van der Waals surface area contributed by atoms with Gasteiger partial charge in [-0.2, -0.15) is 0 Å². The van der Waals surface area contributed by atoms with Crippen LogP contribution in [0.1, 0.15) is 27.2 Å². The van der Waals surface area contributed by atoms with E-state index in [1.54, 1.807) is 10.7 Å². The van der Waals surface area contributed by atoms with Gasteiger partial charge >= 0.3 is 0 Å². The monoisotopic (exact) mass is 253 g/mol. The molecule has 1 nitrogen and oxygen atoms in total. The second-order valence-electron chi connectivity index (χ2n) is 6.53. The van der Waals surface area contributed by atoms with Crippen molar-refractivity contribution in [3.63, 3.8) is 0 Å². The summed E-state index contributed by atoms with van der Waals surface area (Å²) in [6.07, 6.45) is 2.54. The van der Waals surface area contributed by atoms with E-state index in [0.717, 1.165) is 6.85 Å². The van der Waals surface area contributed by atoms with Gasteiger partial charge in [0.05, 0.1) is 0 Å². The minimum atomic E-state index is -1.30. The van der Waals surface area contributed by atoms with Gasteiger partial charge in [-0.1, -0.05) is 63.6 Å². The summed E-state index contributed by atoms with van der Waals surface area (Å²) in [6.45, 7) is 20.5. The molecule has 16 heavy (non-hydrogen) atoms. The Labute approximate surface area is 105 Å². The molecule has 0 aromatic carbocycles. The first-order valence-corrected chi connectivity index (χ1v) is 13.1. The van der Waals surface area contributed by atoms with Gasteiger partial charge in [0.15, 0.2) is 0 Å². The normalized spacial score (nSPS) is 22.1. The van der Waals surface area contributed by atoms with Crippen molar-refractivity contribution in [2.75, 3.05) is 0 Å². The fourth-order valence-electron chi connectivity index (χ4n) is 3.60. The molecule has 92 valence electrons. The van der Waals surface area contributed by atoms with Gasteiger partial charge in [-0.05, 0) is 13.3 Å². The average Bonchev–Trinajstić information content (AvgIpc) is 2.33. The summed E-state index contributed by atoms with van der Waals surface area (Å²) >= 11 is 0. The topological polar surface area (TPSA) is 3.24 Å². The molecule has 0 atom stereocenters. The van der Waals surface area contributed by atoms with Crippen LogP contribution in [0.15, 0.2) is 10.7 Å². The lowest BCUT2D eigenvalue weighted by molar-refractivity contribution is 0.931. The molecular weight excluding hydrogens is 225 g/mol. The molecule has 0 bridgehead atoms. The van der Waals surface area contributed by atoms with Gasteiger partial charge in [-0.3, -0.25) is 0 Å². The van der Waals surface area contributed by atoms with E-state index in [0.29, 0.717) is 0 Å². The predicted octanol–water partition coefficient (Wildman–Crippen LogP) is 4.16. The summed E-state index contributed by atoms with van der Waals surface area (Å²) in [4.78, 5) is 0. The molecule has 0 saturated carbocycles. The van der Waals surface area contributed by atoms with E-state index in [2.05, 4.69) is 57.6 Å². The first kappa shape index (κ1) is 14.3. The molecule has 1 rings (SSSR count). The van der Waals surface area contributed by atoms with Crippen molar-refractivity contribution in [1.82, 2.24) is 4.14 Å². The molecule has 0 radical (unpaired) electrons. The first-order chi connectivity index (χ1) is 7.17. The van der Waals surface area contributed by atoms with Gasteiger partial charge in [0, 0.05) is 0 Å². The average molecular weight is 253 g/mol. The summed E-state index contributed by atoms with van der Waals surface area (Å²) in [6, 6.07) is 0. The maximum Gasteiger partial charge on any atom is 0.239 e. The Hall–Kier alpha value is 0.199. The Bertz CT molecular complexity index is 305. The van der Waals surface area contributed by atoms with Crippen molar-refractivity contribution in [3.05, 3.63) is 10.7 Å². The largest absolute Gasteiger partial charge is 0.381 e. The highest BCUT2D eigenvalue weighted by atomic mass is 28.4. The molecule has 0 amide bonds. The number of hydrogen-bond donors (Lipinski definition) is 0. The van der Waals surface area contributed by atoms with Crippen LogP contribution < -0.4 is 0 Å². The van der Waals surface area contributed by atoms with Gasteiger partial charge in [0.1, 0.15) is 16.5 Å². The molecule has 0 aromatic heterocycles. The third-order valence-corrected chi connectivity index (χ3v) is 13.3. The van der Waals surface area contributed by atoms with Crippen molar-refractivity contribution in [1.29, 1.82) is 0 Å². The van der Waals surface area contributed by atoms with Crippen LogP contribution in [-0.4, -0.2) is 27.5 Å². The van der Waals surface area contributed by atoms with Crippen LogP contribution in [0.25, 0.3) is 0 Å². The Kier molecular flexibility index (Phi) is 3.98. The highest BCUT2D eigenvalue weighted by Crippen LogP contribution is 2.39. The van der Waals surface area contributed by atoms with Crippen LogP contribution >= 0.6 is 0 Å². The maximum atomic E-state index is 2.98. The van der Waals surface area contributed by atoms with Gasteiger partial charge in [0.2, 0.25) is 6.85 Å². The maximum absolute atomic E-state index is 2.98. The number of rotatable bonds is 3. The molecule has 0 unspecified atom stereocenters. The van der Waals surface area contributed by atoms with Crippen molar-refractivity contribution in [2.24, 2.45) is 0 Å². The van der Waals surface area contributed by atoms with Crippen LogP contribution in [0, 0.1) is 0 Å². The Morgan fingerprint density at radius 1 is 1.19 bits per heavy atom. The Morgan fingerprint density at radius 2 is 1.69 bits per heavy atom. The van der Waals surface area contributed by atoms with Crippen molar-refractivity contribution in [3.8, 4) is 0 Å². The molecule has 4 heteroatoms. The first-order valence-electron chi connectivity index (χ1n) is 6.67.